The molecule has 0 unspecified atom stereocenters. The van der Waals surface area contributed by atoms with Gasteiger partial charge in [0.05, 0.1) is 18.7 Å². The first-order chi connectivity index (χ1) is 13.9. The van der Waals surface area contributed by atoms with Crippen LogP contribution in [-0.2, 0) is 19.1 Å². The molecule has 1 fully saturated rings. The molecule has 1 aliphatic heterocycles. The van der Waals surface area contributed by atoms with Crippen molar-refractivity contribution in [1.82, 2.24) is 15.5 Å². The van der Waals surface area contributed by atoms with Crippen molar-refractivity contribution in [2.24, 2.45) is 11.3 Å². The molecule has 1 rings (SSSR count). The van der Waals surface area contributed by atoms with Gasteiger partial charge in [-0.2, -0.15) is 0 Å². The van der Waals surface area contributed by atoms with Crippen LogP contribution in [0.25, 0.3) is 0 Å². The number of carbonyl (C=O) groups excluding carboxylic acids is 3. The van der Waals surface area contributed by atoms with Gasteiger partial charge < -0.3 is 20.3 Å². The van der Waals surface area contributed by atoms with Gasteiger partial charge in [0.25, 0.3) is 0 Å². The van der Waals surface area contributed by atoms with Gasteiger partial charge >= 0.3 is 5.97 Å². The summed E-state index contributed by atoms with van der Waals surface area (Å²) in [6.07, 6.45) is 4.64. The van der Waals surface area contributed by atoms with Gasteiger partial charge in [-0.05, 0) is 44.6 Å². The summed E-state index contributed by atoms with van der Waals surface area (Å²) in [5.41, 5.74) is 0.00911. The average molecular weight is 424 g/mol. The van der Waals surface area contributed by atoms with E-state index in [4.69, 9.17) is 4.74 Å². The molecule has 0 spiro atoms. The number of nitrogens with zero attached hydrogens (tertiary/aromatic N) is 1. The van der Waals surface area contributed by atoms with E-state index in [0.717, 1.165) is 25.8 Å². The molecule has 0 bridgehead atoms. The maximum atomic E-state index is 13.5. The molecule has 0 aromatic heterocycles. The molecule has 0 saturated carbocycles. The molecule has 2 amide bonds. The minimum Gasteiger partial charge on any atom is -0.463 e. The highest BCUT2D eigenvalue weighted by molar-refractivity contribution is 5.91. The summed E-state index contributed by atoms with van der Waals surface area (Å²) in [5.74, 6) is -0.596. The molecule has 30 heavy (non-hydrogen) atoms. The Bertz CT molecular complexity index is 631. The predicted molar refractivity (Wildman–Crippen MR) is 119 cm³/mol. The maximum Gasteiger partial charge on any atom is 0.333 e. The molecule has 0 aromatic carbocycles. The van der Waals surface area contributed by atoms with Crippen LogP contribution in [0.4, 0.5) is 0 Å². The lowest BCUT2D eigenvalue weighted by atomic mass is 9.84. The number of nitrogens with one attached hydrogen (secondary N) is 2. The second-order valence-electron chi connectivity index (χ2n) is 9.56. The third-order valence-electron chi connectivity index (χ3n) is 5.52. The summed E-state index contributed by atoms with van der Waals surface area (Å²) in [6, 6.07) is -1.22. The van der Waals surface area contributed by atoms with E-state index >= 15 is 0 Å². The Morgan fingerprint density at radius 1 is 1.23 bits per heavy atom. The van der Waals surface area contributed by atoms with E-state index in [1.54, 1.807) is 31.9 Å². The highest BCUT2D eigenvalue weighted by Crippen LogP contribution is 2.24. The van der Waals surface area contributed by atoms with Gasteiger partial charge in [-0.15, -0.1) is 0 Å². The molecule has 0 radical (unpaired) electrons. The van der Waals surface area contributed by atoms with Crippen molar-refractivity contribution in [3.05, 3.63) is 11.6 Å². The number of piperidine rings is 1. The number of rotatable bonds is 8. The van der Waals surface area contributed by atoms with Crippen molar-refractivity contribution >= 4 is 17.8 Å². The van der Waals surface area contributed by atoms with E-state index in [2.05, 4.69) is 10.6 Å². The Morgan fingerprint density at radius 2 is 1.87 bits per heavy atom. The summed E-state index contributed by atoms with van der Waals surface area (Å²) in [4.78, 5) is 40.0. The van der Waals surface area contributed by atoms with Crippen LogP contribution in [0.3, 0.4) is 0 Å². The Balaban J connectivity index is 3.06. The molecule has 0 aliphatic carbocycles. The minimum atomic E-state index is -0.670. The molecule has 2 N–H and O–H groups in total. The van der Waals surface area contributed by atoms with Gasteiger partial charge in [0.15, 0.2) is 0 Å². The van der Waals surface area contributed by atoms with Crippen molar-refractivity contribution in [3.63, 3.8) is 0 Å². The SMILES string of the molecule is CCOC(=O)C(C)=C[C@H](C(C)C)N(C)C(=O)[C@@H](NC(=O)[C@H]1CCCCN1)C(C)(C)C. The third kappa shape index (κ3) is 7.42. The van der Waals surface area contributed by atoms with E-state index < -0.39 is 11.5 Å². The number of ether oxygens (including phenoxy) is 1. The smallest absolute Gasteiger partial charge is 0.333 e. The first kappa shape index (κ1) is 26.1. The lowest BCUT2D eigenvalue weighted by Crippen LogP contribution is -2.59. The maximum absolute atomic E-state index is 13.5. The Morgan fingerprint density at radius 3 is 2.33 bits per heavy atom. The average Bonchev–Trinajstić information content (AvgIpc) is 2.68. The van der Waals surface area contributed by atoms with Gasteiger partial charge in [-0.25, -0.2) is 4.79 Å². The largest absolute Gasteiger partial charge is 0.463 e. The molecular formula is C23H41N3O4. The van der Waals surface area contributed by atoms with Crippen LogP contribution in [0.15, 0.2) is 11.6 Å². The number of likely N-dealkylation sites (N-methyl/N-ethyl adjacent to an activating group) is 1. The van der Waals surface area contributed by atoms with Crippen LogP contribution >= 0.6 is 0 Å². The quantitative estimate of drug-likeness (QED) is 0.463. The van der Waals surface area contributed by atoms with Crippen LogP contribution in [0.5, 0.6) is 0 Å². The lowest BCUT2D eigenvalue weighted by Gasteiger charge is -2.38. The molecule has 7 heteroatoms. The van der Waals surface area contributed by atoms with Crippen molar-refractivity contribution in [2.75, 3.05) is 20.2 Å². The second kappa shape index (κ2) is 11.5. The minimum absolute atomic E-state index is 0.0830. The highest BCUT2D eigenvalue weighted by atomic mass is 16.5. The molecule has 1 heterocycles. The van der Waals surface area contributed by atoms with E-state index in [1.807, 2.05) is 34.6 Å². The zero-order valence-electron chi connectivity index (χ0n) is 20.0. The molecular weight excluding hydrogens is 382 g/mol. The van der Waals surface area contributed by atoms with Crippen LogP contribution < -0.4 is 10.6 Å². The fourth-order valence-electron chi connectivity index (χ4n) is 3.64. The zero-order valence-corrected chi connectivity index (χ0v) is 20.0. The second-order valence-corrected chi connectivity index (χ2v) is 9.56. The van der Waals surface area contributed by atoms with E-state index in [1.165, 1.54) is 0 Å². The molecule has 172 valence electrons. The van der Waals surface area contributed by atoms with E-state index in [-0.39, 0.29) is 35.8 Å². The molecule has 3 atom stereocenters. The Labute approximate surface area is 182 Å². The summed E-state index contributed by atoms with van der Waals surface area (Å²) in [6.45, 7) is 14.4. The molecule has 1 saturated heterocycles. The van der Waals surface area contributed by atoms with Crippen molar-refractivity contribution in [3.8, 4) is 0 Å². The Kier molecular flexibility index (Phi) is 10.0. The normalized spacial score (nSPS) is 19.8. The van der Waals surface area contributed by atoms with Gasteiger partial charge in [-0.1, -0.05) is 47.1 Å². The summed E-state index contributed by atoms with van der Waals surface area (Å²) >= 11 is 0. The third-order valence-corrected chi connectivity index (χ3v) is 5.52. The van der Waals surface area contributed by atoms with Crippen LogP contribution in [0.2, 0.25) is 0 Å². The summed E-state index contributed by atoms with van der Waals surface area (Å²) in [5, 5.41) is 6.23. The molecule has 0 aromatic rings. The number of hydrogen-bond donors (Lipinski definition) is 2. The van der Waals surface area contributed by atoms with Crippen LogP contribution in [0, 0.1) is 11.3 Å². The number of carbonyl (C=O) groups is 3. The van der Waals surface area contributed by atoms with Crippen molar-refractivity contribution in [1.29, 1.82) is 0 Å². The standard InChI is InChI=1S/C23H41N3O4/c1-9-30-22(29)16(4)14-18(15(2)3)26(8)21(28)19(23(5,6)7)25-20(27)17-12-10-11-13-24-17/h14-15,17-19,24H,9-13H2,1-8H3,(H,25,27)/t17-,18-,19-/m1/s1. The summed E-state index contributed by atoms with van der Waals surface area (Å²) < 4.78 is 5.07. The highest BCUT2D eigenvalue weighted by Gasteiger charge is 2.38. The topological polar surface area (TPSA) is 87.7 Å². The monoisotopic (exact) mass is 423 g/mol. The Hall–Kier alpha value is -1.89. The van der Waals surface area contributed by atoms with Crippen molar-refractivity contribution < 1.29 is 19.1 Å². The molecule has 1 aliphatic rings. The van der Waals surface area contributed by atoms with Gasteiger partial charge in [0.2, 0.25) is 11.8 Å². The lowest BCUT2D eigenvalue weighted by molar-refractivity contribution is -0.141. The fraction of sp³-hybridized carbons (Fsp3) is 0.783. The number of amides is 2. The number of esters is 1. The summed E-state index contributed by atoms with van der Waals surface area (Å²) in [7, 11) is 1.73. The van der Waals surface area contributed by atoms with Crippen LogP contribution in [-0.4, -0.2) is 61.0 Å². The van der Waals surface area contributed by atoms with Crippen LogP contribution in [0.1, 0.15) is 67.7 Å². The predicted octanol–water partition coefficient (Wildman–Crippen LogP) is 2.65. The zero-order chi connectivity index (χ0) is 23.1. The van der Waals surface area contributed by atoms with Crippen molar-refractivity contribution in [2.45, 2.75) is 85.9 Å². The van der Waals surface area contributed by atoms with E-state index in [0.29, 0.717) is 12.2 Å². The first-order valence-corrected chi connectivity index (χ1v) is 11.1. The number of hydrogen-bond acceptors (Lipinski definition) is 5. The van der Waals surface area contributed by atoms with Gasteiger partial charge in [0, 0.05) is 12.6 Å². The van der Waals surface area contributed by atoms with Gasteiger partial charge in [0.1, 0.15) is 6.04 Å². The molecule has 7 nitrogen and oxygen atoms in total. The fourth-order valence-corrected chi connectivity index (χ4v) is 3.64. The van der Waals surface area contributed by atoms with E-state index in [9.17, 15) is 14.4 Å². The van der Waals surface area contributed by atoms with Gasteiger partial charge in [-0.3, -0.25) is 9.59 Å². The first-order valence-electron chi connectivity index (χ1n) is 11.1.